The first-order valence-electron chi connectivity index (χ1n) is 7.31. The van der Waals surface area contributed by atoms with Crippen molar-refractivity contribution in [3.63, 3.8) is 0 Å². The summed E-state index contributed by atoms with van der Waals surface area (Å²) in [6, 6.07) is 21.7. The smallest absolute Gasteiger partial charge is 0.0547 e. The van der Waals surface area contributed by atoms with Gasteiger partial charge in [-0.2, -0.15) is 0 Å². The highest BCUT2D eigenvalue weighted by molar-refractivity contribution is 6.12. The Balaban J connectivity index is 2.12. The number of H-pyrrole nitrogens is 1. The van der Waals surface area contributed by atoms with Gasteiger partial charge in [0.25, 0.3) is 0 Å². The van der Waals surface area contributed by atoms with Gasteiger partial charge >= 0.3 is 0 Å². The van der Waals surface area contributed by atoms with Crippen LogP contribution in [-0.4, -0.2) is 4.98 Å². The third-order valence-electron chi connectivity index (χ3n) is 4.23. The fourth-order valence-electron chi connectivity index (χ4n) is 3.12. The van der Waals surface area contributed by atoms with Crippen LogP contribution in [0.2, 0.25) is 0 Å². The number of aromatic nitrogens is 1. The summed E-state index contributed by atoms with van der Waals surface area (Å²) in [6.07, 6.45) is 0. The Morgan fingerprint density at radius 1 is 0.714 bits per heavy atom. The van der Waals surface area contributed by atoms with Gasteiger partial charge in [0.15, 0.2) is 0 Å². The second kappa shape index (κ2) is 4.49. The average Bonchev–Trinajstić information content (AvgIpc) is 2.87. The van der Waals surface area contributed by atoms with Crippen molar-refractivity contribution in [3.05, 3.63) is 71.8 Å². The number of nitrogens with one attached hydrogen (secondary N) is 1. The van der Waals surface area contributed by atoms with Gasteiger partial charge < -0.3 is 4.98 Å². The van der Waals surface area contributed by atoms with Gasteiger partial charge in [-0.15, -0.1) is 0 Å². The molecule has 0 fully saturated rings. The van der Waals surface area contributed by atoms with Gasteiger partial charge in [0.1, 0.15) is 0 Å². The van der Waals surface area contributed by atoms with Crippen LogP contribution in [0, 0.1) is 13.8 Å². The summed E-state index contributed by atoms with van der Waals surface area (Å²) >= 11 is 0. The number of aryl methyl sites for hydroxylation is 2. The van der Waals surface area contributed by atoms with Crippen molar-refractivity contribution in [2.75, 3.05) is 0 Å². The molecule has 4 aromatic rings. The van der Waals surface area contributed by atoms with Crippen LogP contribution in [0.25, 0.3) is 32.9 Å². The van der Waals surface area contributed by atoms with E-state index in [1.807, 2.05) is 0 Å². The molecule has 1 heterocycles. The van der Waals surface area contributed by atoms with Crippen LogP contribution >= 0.6 is 0 Å². The molecular weight excluding hydrogens is 254 g/mol. The lowest BCUT2D eigenvalue weighted by molar-refractivity contribution is 1.43. The molecule has 102 valence electrons. The lowest BCUT2D eigenvalue weighted by Gasteiger charge is -2.08. The van der Waals surface area contributed by atoms with E-state index in [1.165, 1.54) is 44.1 Å². The molecule has 0 amide bonds. The first-order chi connectivity index (χ1) is 10.2. The molecule has 0 saturated heterocycles. The monoisotopic (exact) mass is 271 g/mol. The summed E-state index contributed by atoms with van der Waals surface area (Å²) in [5.41, 5.74) is 7.61. The molecular formula is C20H17N. The van der Waals surface area contributed by atoms with Gasteiger partial charge in [-0.25, -0.2) is 0 Å². The largest absolute Gasteiger partial charge is 0.354 e. The molecule has 0 spiro atoms. The average molecular weight is 271 g/mol. The molecule has 3 aromatic carbocycles. The van der Waals surface area contributed by atoms with Crippen molar-refractivity contribution in [2.45, 2.75) is 13.8 Å². The van der Waals surface area contributed by atoms with Crippen molar-refractivity contribution in [1.29, 1.82) is 0 Å². The minimum atomic E-state index is 1.20. The van der Waals surface area contributed by atoms with Crippen LogP contribution < -0.4 is 0 Å². The Hall–Kier alpha value is -2.54. The van der Waals surface area contributed by atoms with Crippen LogP contribution in [0.4, 0.5) is 0 Å². The second-order valence-corrected chi connectivity index (χ2v) is 5.72. The number of hydrogen-bond donors (Lipinski definition) is 1. The minimum absolute atomic E-state index is 1.20. The highest BCUT2D eigenvalue weighted by Crippen LogP contribution is 2.35. The lowest BCUT2D eigenvalue weighted by Crippen LogP contribution is -1.86. The van der Waals surface area contributed by atoms with E-state index in [0.29, 0.717) is 0 Å². The molecule has 0 radical (unpaired) electrons. The second-order valence-electron chi connectivity index (χ2n) is 5.72. The third-order valence-corrected chi connectivity index (χ3v) is 4.23. The zero-order chi connectivity index (χ0) is 14.4. The summed E-state index contributed by atoms with van der Waals surface area (Å²) in [6.45, 7) is 4.31. The van der Waals surface area contributed by atoms with E-state index in [0.717, 1.165) is 0 Å². The molecule has 4 rings (SSSR count). The molecule has 0 aliphatic heterocycles. The van der Waals surface area contributed by atoms with Crippen molar-refractivity contribution >= 4 is 21.8 Å². The number of benzene rings is 3. The van der Waals surface area contributed by atoms with Crippen LogP contribution in [-0.2, 0) is 0 Å². The molecule has 0 saturated carbocycles. The van der Waals surface area contributed by atoms with E-state index in [4.69, 9.17) is 0 Å². The van der Waals surface area contributed by atoms with E-state index < -0.39 is 0 Å². The standard InChI is InChI=1S/C20H17N/c1-13-7-10-15(11-8-13)19-14(2)9-12-17-16-5-3-4-6-18(16)21-20(17)19/h3-12,21H,1-2H3. The number of fused-ring (bicyclic) bond motifs is 3. The highest BCUT2D eigenvalue weighted by atomic mass is 14.7. The van der Waals surface area contributed by atoms with Crippen LogP contribution in [0.3, 0.4) is 0 Å². The topological polar surface area (TPSA) is 15.8 Å². The van der Waals surface area contributed by atoms with Crippen LogP contribution in [0.5, 0.6) is 0 Å². The minimum Gasteiger partial charge on any atom is -0.354 e. The van der Waals surface area contributed by atoms with Gasteiger partial charge in [0, 0.05) is 21.9 Å². The molecule has 0 aliphatic rings. The third kappa shape index (κ3) is 1.85. The highest BCUT2D eigenvalue weighted by Gasteiger charge is 2.11. The van der Waals surface area contributed by atoms with E-state index in [-0.39, 0.29) is 0 Å². The molecule has 1 N–H and O–H groups in total. The number of aromatic amines is 1. The van der Waals surface area contributed by atoms with Gasteiger partial charge in [0.2, 0.25) is 0 Å². The van der Waals surface area contributed by atoms with E-state index >= 15 is 0 Å². The first kappa shape index (κ1) is 12.2. The van der Waals surface area contributed by atoms with Crippen LogP contribution in [0.15, 0.2) is 60.7 Å². The summed E-state index contributed by atoms with van der Waals surface area (Å²) < 4.78 is 0. The lowest BCUT2D eigenvalue weighted by atomic mass is 9.96. The maximum absolute atomic E-state index is 3.60. The molecule has 1 heteroatoms. The van der Waals surface area contributed by atoms with Gasteiger partial charge in [-0.3, -0.25) is 0 Å². The number of hydrogen-bond acceptors (Lipinski definition) is 0. The number of rotatable bonds is 1. The number of para-hydroxylation sites is 1. The summed E-state index contributed by atoms with van der Waals surface area (Å²) in [5, 5.41) is 2.59. The van der Waals surface area contributed by atoms with Gasteiger partial charge in [0.05, 0.1) is 5.52 Å². The van der Waals surface area contributed by atoms with Crippen molar-refractivity contribution in [1.82, 2.24) is 4.98 Å². The predicted octanol–water partition coefficient (Wildman–Crippen LogP) is 5.60. The van der Waals surface area contributed by atoms with E-state index in [1.54, 1.807) is 0 Å². The Bertz CT molecular complexity index is 943. The van der Waals surface area contributed by atoms with Gasteiger partial charge in [-0.05, 0) is 31.0 Å². The SMILES string of the molecule is Cc1ccc(-c2c(C)ccc3c2[nH]c2ccccc23)cc1. The molecule has 0 aliphatic carbocycles. The molecule has 21 heavy (non-hydrogen) atoms. The normalized spacial score (nSPS) is 11.3. The summed E-state index contributed by atoms with van der Waals surface area (Å²) in [5.74, 6) is 0. The maximum atomic E-state index is 3.60. The fraction of sp³-hybridized carbons (Fsp3) is 0.100. The molecule has 1 aromatic heterocycles. The maximum Gasteiger partial charge on any atom is 0.0547 e. The van der Waals surface area contributed by atoms with Crippen molar-refractivity contribution in [3.8, 4) is 11.1 Å². The fourth-order valence-corrected chi connectivity index (χ4v) is 3.12. The van der Waals surface area contributed by atoms with Crippen molar-refractivity contribution < 1.29 is 0 Å². The Morgan fingerprint density at radius 3 is 2.29 bits per heavy atom. The summed E-state index contributed by atoms with van der Waals surface area (Å²) in [7, 11) is 0. The Morgan fingerprint density at radius 2 is 1.48 bits per heavy atom. The quantitative estimate of drug-likeness (QED) is 0.463. The predicted molar refractivity (Wildman–Crippen MR) is 90.7 cm³/mol. The first-order valence-corrected chi connectivity index (χ1v) is 7.31. The van der Waals surface area contributed by atoms with Gasteiger partial charge in [-0.1, -0.05) is 60.2 Å². The Kier molecular flexibility index (Phi) is 2.61. The van der Waals surface area contributed by atoms with Crippen LogP contribution in [0.1, 0.15) is 11.1 Å². The van der Waals surface area contributed by atoms with E-state index in [2.05, 4.69) is 79.5 Å². The molecule has 1 nitrogen and oxygen atoms in total. The molecule has 0 unspecified atom stereocenters. The van der Waals surface area contributed by atoms with Crippen molar-refractivity contribution in [2.24, 2.45) is 0 Å². The summed E-state index contributed by atoms with van der Waals surface area (Å²) in [4.78, 5) is 3.60. The zero-order valence-electron chi connectivity index (χ0n) is 12.3. The molecule has 0 atom stereocenters. The molecule has 0 bridgehead atoms. The Labute approximate surface area is 124 Å². The zero-order valence-corrected chi connectivity index (χ0v) is 12.3. The van der Waals surface area contributed by atoms with E-state index in [9.17, 15) is 0 Å².